The van der Waals surface area contributed by atoms with E-state index in [1.54, 1.807) is 24.3 Å². The van der Waals surface area contributed by atoms with Crippen LogP contribution in [0.4, 0.5) is 24.9 Å². The van der Waals surface area contributed by atoms with Gasteiger partial charge in [-0.25, -0.2) is 9.97 Å². The molecular weight excluding hydrogens is 522 g/mol. The van der Waals surface area contributed by atoms with Crippen LogP contribution in [0.1, 0.15) is 11.4 Å². The summed E-state index contributed by atoms with van der Waals surface area (Å²) in [5.41, 5.74) is -0.492. The molecule has 7 nitrogen and oxygen atoms in total. The highest BCUT2D eigenvalue weighted by Crippen LogP contribution is 2.37. The fraction of sp³-hybridized carbons (Fsp3) is 0.150. The number of alkyl halides is 4. The van der Waals surface area contributed by atoms with Crippen LogP contribution in [0.15, 0.2) is 48.5 Å². The van der Waals surface area contributed by atoms with Gasteiger partial charge >= 0.3 is 6.18 Å². The van der Waals surface area contributed by atoms with Crippen molar-refractivity contribution in [1.82, 2.24) is 25.1 Å². The SMILES string of the molecule is CI.N#CCc1nc(Nc2nc(-c3ccccc3C(F)(F)F)nc3ccccc23)n[nH]1. The normalized spacial score (nSPS) is 10.8. The second-order valence-corrected chi connectivity index (χ2v) is 6.02. The number of nitrogens with zero attached hydrogens (tertiary/aromatic N) is 5. The quantitative estimate of drug-likeness (QED) is 0.271. The topological polar surface area (TPSA) is 103 Å². The number of H-pyrrole nitrogens is 1. The van der Waals surface area contributed by atoms with Crippen molar-refractivity contribution in [3.63, 3.8) is 0 Å². The van der Waals surface area contributed by atoms with Gasteiger partial charge in [0, 0.05) is 10.9 Å². The molecule has 31 heavy (non-hydrogen) atoms. The summed E-state index contributed by atoms with van der Waals surface area (Å²) >= 11 is 2.15. The van der Waals surface area contributed by atoms with E-state index in [-0.39, 0.29) is 29.6 Å². The predicted molar refractivity (Wildman–Crippen MR) is 119 cm³/mol. The standard InChI is InChI=1S/C19H12F3N7.CH3I/c20-19(21,22)13-7-3-1-5-11(13)16-24-14-8-4-2-6-12(14)17(26-16)27-18-25-15(9-10-23)28-29-18;1-2/h1-8H,9H2,(H2,24,25,26,27,28,29);1H3. The lowest BCUT2D eigenvalue weighted by molar-refractivity contribution is -0.137. The summed E-state index contributed by atoms with van der Waals surface area (Å²) in [7, 11) is 0. The lowest BCUT2D eigenvalue weighted by atomic mass is 10.1. The Morgan fingerprint density at radius 2 is 1.74 bits per heavy atom. The zero-order valence-corrected chi connectivity index (χ0v) is 18.2. The highest BCUT2D eigenvalue weighted by atomic mass is 127. The molecule has 0 unspecified atom stereocenters. The maximum atomic E-state index is 13.4. The highest BCUT2D eigenvalue weighted by molar-refractivity contribution is 14.1. The number of aromatic nitrogens is 5. The summed E-state index contributed by atoms with van der Waals surface area (Å²) in [6, 6.07) is 14.0. The van der Waals surface area contributed by atoms with Gasteiger partial charge in [0.1, 0.15) is 11.6 Å². The second kappa shape index (κ2) is 9.69. The van der Waals surface area contributed by atoms with Crippen molar-refractivity contribution in [2.24, 2.45) is 0 Å². The van der Waals surface area contributed by atoms with Gasteiger partial charge in [0.2, 0.25) is 5.95 Å². The van der Waals surface area contributed by atoms with Crippen molar-refractivity contribution in [3.05, 3.63) is 59.9 Å². The van der Waals surface area contributed by atoms with Gasteiger partial charge in [-0.2, -0.15) is 23.4 Å². The van der Waals surface area contributed by atoms with Crippen molar-refractivity contribution in [2.75, 3.05) is 10.2 Å². The molecular formula is C20H15F3IN7. The van der Waals surface area contributed by atoms with E-state index in [9.17, 15) is 13.2 Å². The van der Waals surface area contributed by atoms with Crippen molar-refractivity contribution in [2.45, 2.75) is 12.6 Å². The molecule has 11 heteroatoms. The van der Waals surface area contributed by atoms with E-state index in [1.165, 1.54) is 18.2 Å². The van der Waals surface area contributed by atoms with Gasteiger partial charge in [0.25, 0.3) is 0 Å². The van der Waals surface area contributed by atoms with E-state index >= 15 is 0 Å². The molecule has 0 spiro atoms. The van der Waals surface area contributed by atoms with Gasteiger partial charge in [-0.3, -0.25) is 5.10 Å². The molecule has 0 aliphatic heterocycles. The zero-order chi connectivity index (χ0) is 22.4. The molecule has 0 radical (unpaired) electrons. The molecule has 0 bridgehead atoms. The third kappa shape index (κ3) is 5.08. The molecule has 0 amide bonds. The Balaban J connectivity index is 0.00000132. The molecule has 2 aromatic heterocycles. The maximum Gasteiger partial charge on any atom is 0.417 e. The van der Waals surface area contributed by atoms with Crippen molar-refractivity contribution in [1.29, 1.82) is 5.26 Å². The third-order valence-electron chi connectivity index (χ3n) is 4.09. The molecule has 0 saturated carbocycles. The van der Waals surface area contributed by atoms with Crippen LogP contribution in [-0.4, -0.2) is 30.1 Å². The van der Waals surface area contributed by atoms with Crippen LogP contribution < -0.4 is 5.32 Å². The number of aromatic amines is 1. The Morgan fingerprint density at radius 3 is 2.48 bits per heavy atom. The first-order valence-electron chi connectivity index (χ1n) is 8.82. The minimum Gasteiger partial charge on any atom is -0.307 e. The van der Waals surface area contributed by atoms with Gasteiger partial charge in [0.15, 0.2) is 5.82 Å². The fourth-order valence-corrected chi connectivity index (χ4v) is 2.83. The van der Waals surface area contributed by atoms with Crippen LogP contribution in [0.2, 0.25) is 0 Å². The minimum atomic E-state index is -4.55. The Kier molecular flexibility index (Phi) is 7.01. The van der Waals surface area contributed by atoms with Crippen LogP contribution in [0.25, 0.3) is 22.3 Å². The Morgan fingerprint density at radius 1 is 1.03 bits per heavy atom. The first-order valence-corrected chi connectivity index (χ1v) is 11.0. The molecule has 0 atom stereocenters. The average molecular weight is 537 g/mol. The molecule has 0 saturated heterocycles. The Labute approximate surface area is 188 Å². The lowest BCUT2D eigenvalue weighted by Crippen LogP contribution is -2.09. The number of rotatable bonds is 4. The molecule has 4 rings (SSSR count). The Hall–Kier alpha value is -3.27. The summed E-state index contributed by atoms with van der Waals surface area (Å²) in [5, 5.41) is 18.8. The summed E-state index contributed by atoms with van der Waals surface area (Å²) in [4.78, 5) is 14.7. The summed E-state index contributed by atoms with van der Waals surface area (Å²) in [5.74, 6) is 0.683. The largest absolute Gasteiger partial charge is 0.417 e. The molecule has 0 fully saturated rings. The second-order valence-electron chi connectivity index (χ2n) is 6.02. The lowest BCUT2D eigenvalue weighted by Gasteiger charge is -2.13. The average Bonchev–Trinajstić information content (AvgIpc) is 3.21. The number of nitrogens with one attached hydrogen (secondary N) is 2. The minimum absolute atomic E-state index is 0.0450. The van der Waals surface area contributed by atoms with E-state index in [1.807, 2.05) is 11.0 Å². The number of hydrogen-bond acceptors (Lipinski definition) is 6. The fourth-order valence-electron chi connectivity index (χ4n) is 2.83. The molecule has 158 valence electrons. The van der Waals surface area contributed by atoms with Gasteiger partial charge in [-0.15, -0.1) is 5.10 Å². The first-order chi connectivity index (χ1) is 15.0. The number of para-hydroxylation sites is 1. The number of benzene rings is 2. The number of anilines is 2. The molecule has 0 aliphatic carbocycles. The molecule has 0 aliphatic rings. The van der Waals surface area contributed by atoms with E-state index < -0.39 is 11.7 Å². The predicted octanol–water partition coefficient (Wildman–Crippen LogP) is 5.29. The smallest absolute Gasteiger partial charge is 0.307 e. The van der Waals surface area contributed by atoms with E-state index in [0.717, 1.165) is 6.07 Å². The van der Waals surface area contributed by atoms with Crippen molar-refractivity contribution < 1.29 is 13.2 Å². The van der Waals surface area contributed by atoms with Crippen LogP contribution in [0, 0.1) is 11.3 Å². The van der Waals surface area contributed by atoms with Crippen LogP contribution in [-0.2, 0) is 12.6 Å². The van der Waals surface area contributed by atoms with Crippen LogP contribution >= 0.6 is 22.6 Å². The molecule has 2 heterocycles. The van der Waals surface area contributed by atoms with Gasteiger partial charge in [-0.05, 0) is 23.1 Å². The van der Waals surface area contributed by atoms with Crippen molar-refractivity contribution in [3.8, 4) is 17.5 Å². The zero-order valence-electron chi connectivity index (χ0n) is 16.1. The molecule has 2 N–H and O–H groups in total. The van der Waals surface area contributed by atoms with Crippen molar-refractivity contribution >= 4 is 45.3 Å². The van der Waals surface area contributed by atoms with E-state index in [2.05, 4.69) is 53.1 Å². The number of hydrogen-bond donors (Lipinski definition) is 2. The van der Waals surface area contributed by atoms with Gasteiger partial charge in [0.05, 0.1) is 23.6 Å². The van der Waals surface area contributed by atoms with Crippen LogP contribution in [0.5, 0.6) is 0 Å². The number of fused-ring (bicyclic) bond motifs is 1. The van der Waals surface area contributed by atoms with Gasteiger partial charge in [-0.1, -0.05) is 52.9 Å². The van der Waals surface area contributed by atoms with Crippen LogP contribution in [0.3, 0.4) is 0 Å². The molecule has 2 aromatic carbocycles. The summed E-state index contributed by atoms with van der Waals surface area (Å²) in [6.07, 6.45) is -4.50. The number of nitriles is 1. The van der Waals surface area contributed by atoms with E-state index in [0.29, 0.717) is 16.7 Å². The summed E-state index contributed by atoms with van der Waals surface area (Å²) in [6.45, 7) is 0. The number of halogens is 4. The summed E-state index contributed by atoms with van der Waals surface area (Å²) < 4.78 is 40.3. The Bertz CT molecular complexity index is 1230. The molecule has 4 aromatic rings. The maximum absolute atomic E-state index is 13.4. The highest BCUT2D eigenvalue weighted by Gasteiger charge is 2.34. The van der Waals surface area contributed by atoms with Gasteiger partial charge < -0.3 is 5.32 Å². The monoisotopic (exact) mass is 537 g/mol. The third-order valence-corrected chi connectivity index (χ3v) is 4.09. The first kappa shape index (κ1) is 22.4. The van der Waals surface area contributed by atoms with E-state index in [4.69, 9.17) is 5.26 Å².